The van der Waals surface area contributed by atoms with Crippen molar-refractivity contribution in [2.24, 2.45) is 0 Å². The van der Waals surface area contributed by atoms with Gasteiger partial charge in [0.15, 0.2) is 0 Å². The Morgan fingerprint density at radius 2 is 2.00 bits per heavy atom. The van der Waals surface area contributed by atoms with Crippen LogP contribution >= 0.6 is 0 Å². The number of aldehydes is 1. The molecule has 0 bridgehead atoms. The summed E-state index contributed by atoms with van der Waals surface area (Å²) < 4.78 is 5.69. The van der Waals surface area contributed by atoms with E-state index in [2.05, 4.69) is 0 Å². The number of carbonyl (C=O) groups is 1. The van der Waals surface area contributed by atoms with Gasteiger partial charge >= 0.3 is 0 Å². The highest BCUT2D eigenvalue weighted by molar-refractivity contribution is 5.56. The van der Waals surface area contributed by atoms with Crippen LogP contribution < -0.4 is 0 Å². The molecule has 2 rings (SSSR count). The highest BCUT2D eigenvalue weighted by Gasteiger charge is 2.41. The zero-order chi connectivity index (χ0) is 7.73. The third-order valence-corrected chi connectivity index (χ3v) is 2.94. The van der Waals surface area contributed by atoms with Crippen LogP contribution in [0.3, 0.4) is 0 Å². The lowest BCUT2D eigenvalue weighted by Crippen LogP contribution is -2.46. The number of hydrogen-bond donors (Lipinski definition) is 0. The summed E-state index contributed by atoms with van der Waals surface area (Å²) in [4.78, 5) is 10.5. The molecule has 62 valence electrons. The molecule has 1 aliphatic heterocycles. The van der Waals surface area contributed by atoms with Crippen molar-refractivity contribution >= 4 is 6.29 Å². The summed E-state index contributed by atoms with van der Waals surface area (Å²) in [6.07, 6.45) is 7.79. The molecule has 1 spiro atoms. The molecule has 0 aromatic rings. The van der Waals surface area contributed by atoms with Gasteiger partial charge in [-0.15, -0.1) is 0 Å². The van der Waals surface area contributed by atoms with Crippen LogP contribution in [0.5, 0.6) is 0 Å². The van der Waals surface area contributed by atoms with Gasteiger partial charge < -0.3 is 9.53 Å². The van der Waals surface area contributed by atoms with Crippen molar-refractivity contribution in [3.8, 4) is 0 Å². The van der Waals surface area contributed by atoms with Crippen LogP contribution in [-0.2, 0) is 9.53 Å². The first-order valence-electron chi connectivity index (χ1n) is 4.48. The van der Waals surface area contributed by atoms with Crippen LogP contribution in [0.15, 0.2) is 0 Å². The Bertz CT molecular complexity index is 161. The second-order valence-corrected chi connectivity index (χ2v) is 3.72. The lowest BCUT2D eigenvalue weighted by molar-refractivity contribution is -0.170. The molecule has 0 radical (unpaired) electrons. The fourth-order valence-electron chi connectivity index (χ4n) is 2.10. The molecule has 0 aromatic carbocycles. The molecule has 11 heavy (non-hydrogen) atoms. The van der Waals surface area contributed by atoms with Gasteiger partial charge in [0.25, 0.3) is 0 Å². The number of ether oxygens (including phenoxy) is 1. The van der Waals surface area contributed by atoms with Crippen LogP contribution in [0.2, 0.25) is 0 Å². The van der Waals surface area contributed by atoms with Gasteiger partial charge in [0, 0.05) is 0 Å². The lowest BCUT2D eigenvalue weighted by atomic mass is 9.74. The van der Waals surface area contributed by atoms with Gasteiger partial charge in [-0.25, -0.2) is 0 Å². The molecular weight excluding hydrogens is 140 g/mol. The molecule has 0 N–H and O–H groups in total. The van der Waals surface area contributed by atoms with Crippen LogP contribution in [0.1, 0.15) is 38.5 Å². The monoisotopic (exact) mass is 154 g/mol. The van der Waals surface area contributed by atoms with Crippen molar-refractivity contribution in [3.63, 3.8) is 0 Å². The van der Waals surface area contributed by atoms with Gasteiger partial charge in [-0.3, -0.25) is 0 Å². The molecule has 1 unspecified atom stereocenters. The molecule has 2 aliphatic rings. The Morgan fingerprint density at radius 3 is 2.55 bits per heavy atom. The van der Waals surface area contributed by atoms with E-state index in [1.165, 1.54) is 32.1 Å². The Labute approximate surface area is 66.9 Å². The summed E-state index contributed by atoms with van der Waals surface area (Å²) in [6, 6.07) is 0. The van der Waals surface area contributed by atoms with Crippen molar-refractivity contribution < 1.29 is 9.53 Å². The summed E-state index contributed by atoms with van der Waals surface area (Å²) in [7, 11) is 0. The maximum absolute atomic E-state index is 10.5. The van der Waals surface area contributed by atoms with Gasteiger partial charge in [0.2, 0.25) is 0 Å². The van der Waals surface area contributed by atoms with E-state index in [1.54, 1.807) is 0 Å². The van der Waals surface area contributed by atoms with Gasteiger partial charge in [-0.1, -0.05) is 0 Å². The van der Waals surface area contributed by atoms with Gasteiger partial charge in [-0.05, 0) is 38.5 Å². The van der Waals surface area contributed by atoms with E-state index in [0.29, 0.717) is 0 Å². The van der Waals surface area contributed by atoms with Gasteiger partial charge in [0.1, 0.15) is 12.4 Å². The van der Waals surface area contributed by atoms with Crippen molar-refractivity contribution in [1.82, 2.24) is 0 Å². The van der Waals surface area contributed by atoms with E-state index in [1.807, 2.05) is 0 Å². The summed E-state index contributed by atoms with van der Waals surface area (Å²) in [5.74, 6) is 0. The topological polar surface area (TPSA) is 26.3 Å². The predicted molar refractivity (Wildman–Crippen MR) is 41.4 cm³/mol. The van der Waals surface area contributed by atoms with Crippen molar-refractivity contribution in [1.29, 1.82) is 0 Å². The first kappa shape index (κ1) is 7.29. The summed E-state index contributed by atoms with van der Waals surface area (Å²) >= 11 is 0. The molecule has 1 atom stereocenters. The van der Waals surface area contributed by atoms with Crippen LogP contribution in [0.25, 0.3) is 0 Å². The first-order valence-corrected chi connectivity index (χ1v) is 4.48. The van der Waals surface area contributed by atoms with Gasteiger partial charge in [0.05, 0.1) is 5.60 Å². The third-order valence-electron chi connectivity index (χ3n) is 2.94. The minimum absolute atomic E-state index is 0.0935. The van der Waals surface area contributed by atoms with Crippen LogP contribution in [0.4, 0.5) is 0 Å². The molecule has 0 amide bonds. The van der Waals surface area contributed by atoms with E-state index in [4.69, 9.17) is 4.74 Å². The van der Waals surface area contributed by atoms with E-state index in [0.717, 1.165) is 12.7 Å². The zero-order valence-electron chi connectivity index (χ0n) is 6.71. The maximum Gasteiger partial charge on any atom is 0.148 e. The van der Waals surface area contributed by atoms with Crippen molar-refractivity contribution in [2.45, 2.75) is 50.2 Å². The standard InChI is InChI=1S/C9H14O2/c10-7-8-3-1-4-9(11-8)5-2-6-9/h7-8H,1-6H2. The normalized spacial score (nSPS) is 34.7. The number of rotatable bonds is 1. The Kier molecular flexibility index (Phi) is 1.72. The second-order valence-electron chi connectivity index (χ2n) is 3.72. The average molecular weight is 154 g/mol. The van der Waals surface area contributed by atoms with Crippen LogP contribution in [-0.4, -0.2) is 18.0 Å². The second kappa shape index (κ2) is 2.59. The van der Waals surface area contributed by atoms with E-state index in [9.17, 15) is 4.79 Å². The Hall–Kier alpha value is -0.370. The number of hydrogen-bond acceptors (Lipinski definition) is 2. The highest BCUT2D eigenvalue weighted by atomic mass is 16.5. The molecule has 1 saturated heterocycles. The molecule has 2 heteroatoms. The molecule has 1 aliphatic carbocycles. The summed E-state index contributed by atoms with van der Waals surface area (Å²) in [5.41, 5.74) is 0.143. The minimum atomic E-state index is -0.0935. The highest BCUT2D eigenvalue weighted by Crippen LogP contribution is 2.43. The molecule has 1 heterocycles. The largest absolute Gasteiger partial charge is 0.364 e. The van der Waals surface area contributed by atoms with Crippen LogP contribution in [0, 0.1) is 0 Å². The molecule has 2 fully saturated rings. The van der Waals surface area contributed by atoms with Gasteiger partial charge in [-0.2, -0.15) is 0 Å². The maximum atomic E-state index is 10.5. The molecule has 1 saturated carbocycles. The molecule has 0 aromatic heterocycles. The Balaban J connectivity index is 1.97. The number of carbonyl (C=O) groups excluding carboxylic acids is 1. The quantitative estimate of drug-likeness (QED) is 0.537. The van der Waals surface area contributed by atoms with E-state index < -0.39 is 0 Å². The fourth-order valence-corrected chi connectivity index (χ4v) is 2.10. The smallest absolute Gasteiger partial charge is 0.148 e. The SMILES string of the molecule is O=CC1CCCC2(CCC2)O1. The van der Waals surface area contributed by atoms with Crippen molar-refractivity contribution in [3.05, 3.63) is 0 Å². The molecular formula is C9H14O2. The van der Waals surface area contributed by atoms with E-state index >= 15 is 0 Å². The zero-order valence-corrected chi connectivity index (χ0v) is 6.71. The summed E-state index contributed by atoms with van der Waals surface area (Å²) in [6.45, 7) is 0. The Morgan fingerprint density at radius 1 is 1.27 bits per heavy atom. The lowest BCUT2D eigenvalue weighted by Gasteiger charge is -2.46. The third kappa shape index (κ3) is 1.20. The van der Waals surface area contributed by atoms with E-state index in [-0.39, 0.29) is 11.7 Å². The fraction of sp³-hybridized carbons (Fsp3) is 0.889. The minimum Gasteiger partial charge on any atom is -0.364 e. The average Bonchev–Trinajstić information content (AvgIpc) is 2.02. The first-order chi connectivity index (χ1) is 5.35. The van der Waals surface area contributed by atoms with Crippen molar-refractivity contribution in [2.75, 3.05) is 0 Å². The summed E-state index contributed by atoms with van der Waals surface area (Å²) in [5, 5.41) is 0. The predicted octanol–water partition coefficient (Wildman–Crippen LogP) is 1.68. The molecule has 2 nitrogen and oxygen atoms in total.